The van der Waals surface area contributed by atoms with E-state index >= 15 is 0 Å². The van der Waals surface area contributed by atoms with Crippen molar-refractivity contribution < 1.29 is 14.6 Å². The number of rotatable bonds is 1. The lowest BCUT2D eigenvalue weighted by Gasteiger charge is -2.57. The minimum absolute atomic E-state index is 0.323. The zero-order valence-electron chi connectivity index (χ0n) is 12.6. The topological polar surface area (TPSA) is 46.5 Å². The highest BCUT2D eigenvalue weighted by atomic mass is 16.5. The molecule has 3 rings (SSSR count). The summed E-state index contributed by atoms with van der Waals surface area (Å²) < 4.78 is 4.93. The van der Waals surface area contributed by atoms with Crippen LogP contribution in [0.15, 0.2) is 35.4 Å². The first-order chi connectivity index (χ1) is 9.27. The Hall–Kier alpha value is -1.61. The number of carbonyl (C=O) groups is 1. The van der Waals surface area contributed by atoms with Crippen LogP contribution in [0.4, 0.5) is 0 Å². The smallest absolute Gasteiger partial charge is 0.343 e. The number of aliphatic hydroxyl groups is 1. The van der Waals surface area contributed by atoms with Crippen LogP contribution in [0, 0.1) is 5.41 Å². The van der Waals surface area contributed by atoms with Crippen molar-refractivity contribution in [2.45, 2.75) is 38.7 Å². The number of carbonyl (C=O) groups excluding carboxylic acids is 1. The van der Waals surface area contributed by atoms with Crippen molar-refractivity contribution in [3.05, 3.63) is 46.5 Å². The Morgan fingerprint density at radius 2 is 1.65 bits per heavy atom. The molecule has 0 aromatic heterocycles. The van der Waals surface area contributed by atoms with Gasteiger partial charge in [0.05, 0.1) is 7.11 Å². The fourth-order valence-corrected chi connectivity index (χ4v) is 4.51. The van der Waals surface area contributed by atoms with Gasteiger partial charge in [-0.1, -0.05) is 49.3 Å². The first-order valence-corrected chi connectivity index (χ1v) is 6.87. The van der Waals surface area contributed by atoms with Crippen LogP contribution in [-0.4, -0.2) is 18.2 Å². The SMILES string of the molecule is COC(=O)[C@@]1(O)c2ccccc2[C@]2(C)C(C)=C(C)[C@@]21C. The lowest BCUT2D eigenvalue weighted by atomic mass is 9.45. The van der Waals surface area contributed by atoms with Crippen molar-refractivity contribution in [1.82, 2.24) is 0 Å². The van der Waals surface area contributed by atoms with Gasteiger partial charge in [0.2, 0.25) is 0 Å². The van der Waals surface area contributed by atoms with Crippen LogP contribution in [0.3, 0.4) is 0 Å². The minimum atomic E-state index is -1.61. The van der Waals surface area contributed by atoms with E-state index in [-0.39, 0.29) is 5.41 Å². The number of allylic oxidation sites excluding steroid dienone is 1. The first-order valence-electron chi connectivity index (χ1n) is 6.87. The van der Waals surface area contributed by atoms with Gasteiger partial charge in [0.25, 0.3) is 0 Å². The molecule has 3 nitrogen and oxygen atoms in total. The number of hydrogen-bond donors (Lipinski definition) is 1. The molecular formula is C17H20O3. The predicted molar refractivity (Wildman–Crippen MR) is 76.2 cm³/mol. The molecule has 3 heteroatoms. The lowest BCUT2D eigenvalue weighted by molar-refractivity contribution is -0.181. The summed E-state index contributed by atoms with van der Waals surface area (Å²) in [5.41, 5.74) is 1.41. The molecule has 0 spiro atoms. The summed E-state index contributed by atoms with van der Waals surface area (Å²) in [4.78, 5) is 12.4. The second kappa shape index (κ2) is 3.53. The van der Waals surface area contributed by atoms with Crippen LogP contribution in [-0.2, 0) is 20.5 Å². The molecule has 1 aromatic rings. The van der Waals surface area contributed by atoms with Crippen molar-refractivity contribution in [2.24, 2.45) is 5.41 Å². The second-order valence-corrected chi connectivity index (χ2v) is 6.25. The Kier molecular flexibility index (Phi) is 2.36. The van der Waals surface area contributed by atoms with Crippen molar-refractivity contribution >= 4 is 5.97 Å². The average molecular weight is 272 g/mol. The molecule has 106 valence electrons. The van der Waals surface area contributed by atoms with Crippen LogP contribution >= 0.6 is 0 Å². The van der Waals surface area contributed by atoms with Crippen LogP contribution < -0.4 is 0 Å². The van der Waals surface area contributed by atoms with Crippen molar-refractivity contribution in [1.29, 1.82) is 0 Å². The molecule has 1 aromatic carbocycles. The van der Waals surface area contributed by atoms with Gasteiger partial charge in [-0.2, -0.15) is 0 Å². The number of ether oxygens (including phenoxy) is 1. The van der Waals surface area contributed by atoms with Crippen LogP contribution in [0.25, 0.3) is 0 Å². The summed E-state index contributed by atoms with van der Waals surface area (Å²) in [5.74, 6) is -0.581. The standard InChI is InChI=1S/C17H20O3/c1-10-11(2)16(4)15(10,3)12-8-6-7-9-13(12)17(16,19)14(18)20-5/h6-9,19H,1-5H3/t15-,16-,17-/m0/s1. The van der Waals surface area contributed by atoms with Crippen molar-refractivity contribution in [3.8, 4) is 0 Å². The maximum absolute atomic E-state index is 12.4. The minimum Gasteiger partial charge on any atom is -0.467 e. The molecule has 0 bridgehead atoms. The number of esters is 1. The molecule has 2 aliphatic rings. The Morgan fingerprint density at radius 1 is 1.10 bits per heavy atom. The summed E-state index contributed by atoms with van der Waals surface area (Å²) >= 11 is 0. The highest BCUT2D eigenvalue weighted by molar-refractivity contribution is 5.88. The second-order valence-electron chi connectivity index (χ2n) is 6.25. The molecule has 1 N–H and O–H groups in total. The van der Waals surface area contributed by atoms with Crippen molar-refractivity contribution in [3.63, 3.8) is 0 Å². The monoisotopic (exact) mass is 272 g/mol. The Labute approximate surface area is 119 Å². The van der Waals surface area contributed by atoms with E-state index in [0.717, 1.165) is 11.1 Å². The fourth-order valence-electron chi connectivity index (χ4n) is 4.51. The van der Waals surface area contributed by atoms with Gasteiger partial charge in [0, 0.05) is 10.8 Å². The molecule has 0 saturated heterocycles. The van der Waals surface area contributed by atoms with Crippen molar-refractivity contribution in [2.75, 3.05) is 7.11 Å². The molecule has 2 aliphatic carbocycles. The quantitative estimate of drug-likeness (QED) is 0.631. The van der Waals surface area contributed by atoms with Gasteiger partial charge in [0.15, 0.2) is 5.60 Å². The molecule has 0 aliphatic heterocycles. The third-order valence-corrected chi connectivity index (χ3v) is 6.12. The number of hydrogen-bond acceptors (Lipinski definition) is 3. The van der Waals surface area contributed by atoms with Crippen LogP contribution in [0.2, 0.25) is 0 Å². The predicted octanol–water partition coefficient (Wildman–Crippen LogP) is 2.67. The van der Waals surface area contributed by atoms with E-state index in [1.165, 1.54) is 12.7 Å². The van der Waals surface area contributed by atoms with E-state index in [2.05, 4.69) is 13.8 Å². The molecule has 0 radical (unpaired) electrons. The van der Waals surface area contributed by atoms with Gasteiger partial charge in [-0.05, 0) is 25.0 Å². The molecule has 0 heterocycles. The normalized spacial score (nSPS) is 38.1. The summed E-state index contributed by atoms with van der Waals surface area (Å²) in [6.07, 6.45) is 0. The van der Waals surface area contributed by atoms with E-state index in [1.807, 2.05) is 38.1 Å². The van der Waals surface area contributed by atoms with Crippen LogP contribution in [0.1, 0.15) is 38.8 Å². The molecule has 0 fully saturated rings. The summed E-state index contributed by atoms with van der Waals surface area (Å²) in [5, 5.41) is 11.3. The maximum atomic E-state index is 12.4. The molecular weight excluding hydrogens is 252 g/mol. The van der Waals surface area contributed by atoms with Gasteiger partial charge >= 0.3 is 5.97 Å². The number of benzene rings is 1. The maximum Gasteiger partial charge on any atom is 0.343 e. The zero-order chi connectivity index (χ0) is 14.9. The third-order valence-electron chi connectivity index (χ3n) is 6.12. The number of fused-ring (bicyclic) bond motifs is 3. The molecule has 0 unspecified atom stereocenters. The summed E-state index contributed by atoms with van der Waals surface area (Å²) in [6, 6.07) is 7.65. The third kappa shape index (κ3) is 0.966. The molecule has 0 saturated carbocycles. The van der Waals surface area contributed by atoms with Gasteiger partial charge in [-0.15, -0.1) is 0 Å². The Balaban J connectivity index is 2.41. The van der Waals surface area contributed by atoms with E-state index in [9.17, 15) is 9.90 Å². The Morgan fingerprint density at radius 3 is 2.20 bits per heavy atom. The van der Waals surface area contributed by atoms with Gasteiger partial charge < -0.3 is 9.84 Å². The lowest BCUT2D eigenvalue weighted by Crippen LogP contribution is -2.60. The van der Waals surface area contributed by atoms with E-state index < -0.39 is 17.0 Å². The first kappa shape index (κ1) is 13.4. The highest BCUT2D eigenvalue weighted by Gasteiger charge is 2.75. The van der Waals surface area contributed by atoms with E-state index in [1.54, 1.807) is 0 Å². The van der Waals surface area contributed by atoms with E-state index in [0.29, 0.717) is 5.56 Å². The molecule has 20 heavy (non-hydrogen) atoms. The summed E-state index contributed by atoms with van der Waals surface area (Å²) in [7, 11) is 1.33. The zero-order valence-corrected chi connectivity index (χ0v) is 12.6. The Bertz CT molecular complexity index is 660. The highest BCUT2D eigenvalue weighted by Crippen LogP contribution is 2.73. The molecule has 3 atom stereocenters. The largest absolute Gasteiger partial charge is 0.467 e. The van der Waals surface area contributed by atoms with Gasteiger partial charge in [0.1, 0.15) is 0 Å². The van der Waals surface area contributed by atoms with Gasteiger partial charge in [-0.25, -0.2) is 4.79 Å². The van der Waals surface area contributed by atoms with E-state index in [4.69, 9.17) is 4.74 Å². The number of methoxy groups -OCH3 is 1. The summed E-state index contributed by atoms with van der Waals surface area (Å²) in [6.45, 7) is 8.15. The van der Waals surface area contributed by atoms with Gasteiger partial charge in [-0.3, -0.25) is 0 Å². The average Bonchev–Trinajstić information content (AvgIpc) is 2.63. The fraction of sp³-hybridized carbons (Fsp3) is 0.471. The molecule has 0 amide bonds. The van der Waals surface area contributed by atoms with Crippen LogP contribution in [0.5, 0.6) is 0 Å².